The molecule has 0 aromatic rings. The van der Waals surface area contributed by atoms with E-state index < -0.39 is 0 Å². The molecule has 0 rings (SSSR count). The monoisotopic (exact) mass is 159 g/mol. The maximum atomic E-state index is 5.87. The maximum Gasteiger partial charge on any atom is 0.0477 e. The summed E-state index contributed by atoms with van der Waals surface area (Å²) in [5.41, 5.74) is 6.21. The van der Waals surface area contributed by atoms with Crippen LogP contribution in [0, 0.1) is 5.41 Å². The molecule has 0 aliphatic rings. The Morgan fingerprint density at radius 2 is 1.91 bits per heavy atom. The standard InChI is InChI=1S/C9H21NO/c1-9(2,3)7-8(10)5-6-11-4/h8H,5-7,10H2,1-4H3/t8-/m0/s1. The van der Waals surface area contributed by atoms with Gasteiger partial charge in [0.15, 0.2) is 0 Å². The van der Waals surface area contributed by atoms with Crippen LogP contribution >= 0.6 is 0 Å². The highest BCUT2D eigenvalue weighted by Gasteiger charge is 2.14. The molecule has 0 aromatic carbocycles. The van der Waals surface area contributed by atoms with Gasteiger partial charge in [0.25, 0.3) is 0 Å². The van der Waals surface area contributed by atoms with Gasteiger partial charge in [-0.2, -0.15) is 0 Å². The quantitative estimate of drug-likeness (QED) is 0.678. The Morgan fingerprint density at radius 3 is 2.27 bits per heavy atom. The smallest absolute Gasteiger partial charge is 0.0477 e. The van der Waals surface area contributed by atoms with Crippen LogP contribution in [0.2, 0.25) is 0 Å². The van der Waals surface area contributed by atoms with E-state index in [0.717, 1.165) is 19.4 Å². The first kappa shape index (κ1) is 10.9. The van der Waals surface area contributed by atoms with Crippen LogP contribution in [0.5, 0.6) is 0 Å². The number of ether oxygens (including phenoxy) is 1. The number of rotatable bonds is 4. The molecule has 2 N–H and O–H groups in total. The number of methoxy groups -OCH3 is 1. The van der Waals surface area contributed by atoms with Crippen LogP contribution in [0.25, 0.3) is 0 Å². The van der Waals surface area contributed by atoms with Gasteiger partial charge in [-0.25, -0.2) is 0 Å². The van der Waals surface area contributed by atoms with E-state index in [4.69, 9.17) is 10.5 Å². The zero-order chi connectivity index (χ0) is 8.91. The predicted octanol–water partition coefficient (Wildman–Crippen LogP) is 1.79. The lowest BCUT2D eigenvalue weighted by molar-refractivity contribution is 0.179. The largest absolute Gasteiger partial charge is 0.385 e. The summed E-state index contributed by atoms with van der Waals surface area (Å²) in [6, 6.07) is 0.287. The molecule has 0 heterocycles. The summed E-state index contributed by atoms with van der Waals surface area (Å²) < 4.78 is 4.95. The molecule has 0 unspecified atom stereocenters. The van der Waals surface area contributed by atoms with Crippen molar-refractivity contribution < 1.29 is 4.74 Å². The van der Waals surface area contributed by atoms with E-state index in [2.05, 4.69) is 20.8 Å². The molecule has 68 valence electrons. The van der Waals surface area contributed by atoms with Gasteiger partial charge in [0.05, 0.1) is 0 Å². The van der Waals surface area contributed by atoms with E-state index in [-0.39, 0.29) is 6.04 Å². The van der Waals surface area contributed by atoms with Gasteiger partial charge in [-0.05, 0) is 18.3 Å². The molecule has 2 heteroatoms. The van der Waals surface area contributed by atoms with Crippen LogP contribution in [0.1, 0.15) is 33.6 Å². The van der Waals surface area contributed by atoms with E-state index in [0.29, 0.717) is 5.41 Å². The summed E-state index contributed by atoms with van der Waals surface area (Å²) in [4.78, 5) is 0. The zero-order valence-electron chi connectivity index (χ0n) is 8.18. The van der Waals surface area contributed by atoms with Crippen molar-refractivity contribution in [1.82, 2.24) is 0 Å². The van der Waals surface area contributed by atoms with Crippen molar-refractivity contribution in [2.75, 3.05) is 13.7 Å². The first-order chi connectivity index (χ1) is 4.95. The Balaban J connectivity index is 3.44. The van der Waals surface area contributed by atoms with Crippen molar-refractivity contribution in [3.05, 3.63) is 0 Å². The second kappa shape index (κ2) is 4.73. The zero-order valence-corrected chi connectivity index (χ0v) is 8.18. The summed E-state index contributed by atoms with van der Waals surface area (Å²) in [5, 5.41) is 0. The average molecular weight is 159 g/mol. The Morgan fingerprint density at radius 1 is 1.36 bits per heavy atom. The topological polar surface area (TPSA) is 35.2 Å². The Hall–Kier alpha value is -0.0800. The van der Waals surface area contributed by atoms with Gasteiger partial charge in [-0.15, -0.1) is 0 Å². The molecule has 0 fully saturated rings. The molecular weight excluding hydrogens is 138 g/mol. The lowest BCUT2D eigenvalue weighted by atomic mass is 9.87. The summed E-state index contributed by atoms with van der Waals surface area (Å²) in [6.07, 6.45) is 2.03. The van der Waals surface area contributed by atoms with E-state index in [9.17, 15) is 0 Å². The van der Waals surface area contributed by atoms with Gasteiger partial charge in [0.1, 0.15) is 0 Å². The molecule has 0 amide bonds. The minimum absolute atomic E-state index is 0.287. The van der Waals surface area contributed by atoms with E-state index in [1.807, 2.05) is 0 Å². The number of hydrogen-bond acceptors (Lipinski definition) is 2. The van der Waals surface area contributed by atoms with Crippen molar-refractivity contribution in [3.8, 4) is 0 Å². The van der Waals surface area contributed by atoms with Crippen LogP contribution in [0.3, 0.4) is 0 Å². The summed E-state index contributed by atoms with van der Waals surface area (Å²) in [5.74, 6) is 0. The molecule has 0 aromatic heterocycles. The fraction of sp³-hybridized carbons (Fsp3) is 1.00. The van der Waals surface area contributed by atoms with Crippen LogP contribution in [-0.4, -0.2) is 19.8 Å². The van der Waals surface area contributed by atoms with Crippen LogP contribution in [0.15, 0.2) is 0 Å². The van der Waals surface area contributed by atoms with Crippen molar-refractivity contribution in [1.29, 1.82) is 0 Å². The molecule has 11 heavy (non-hydrogen) atoms. The van der Waals surface area contributed by atoms with E-state index >= 15 is 0 Å². The normalized spacial score (nSPS) is 15.0. The highest BCUT2D eigenvalue weighted by molar-refractivity contribution is 4.70. The van der Waals surface area contributed by atoms with Gasteiger partial charge in [0.2, 0.25) is 0 Å². The molecule has 0 spiro atoms. The summed E-state index contributed by atoms with van der Waals surface area (Å²) in [6.45, 7) is 7.40. The second-order valence-electron chi connectivity index (χ2n) is 4.31. The lowest BCUT2D eigenvalue weighted by Gasteiger charge is -2.22. The third kappa shape index (κ3) is 7.82. The lowest BCUT2D eigenvalue weighted by Crippen LogP contribution is -2.27. The van der Waals surface area contributed by atoms with Crippen molar-refractivity contribution >= 4 is 0 Å². The summed E-state index contributed by atoms with van der Waals surface area (Å²) in [7, 11) is 1.71. The predicted molar refractivity (Wildman–Crippen MR) is 48.5 cm³/mol. The van der Waals surface area contributed by atoms with Gasteiger partial charge in [0, 0.05) is 19.8 Å². The molecular formula is C9H21NO. The van der Waals surface area contributed by atoms with Crippen LogP contribution < -0.4 is 5.73 Å². The first-order valence-electron chi connectivity index (χ1n) is 4.20. The first-order valence-corrected chi connectivity index (χ1v) is 4.20. The maximum absolute atomic E-state index is 5.87. The molecule has 0 radical (unpaired) electrons. The number of nitrogens with two attached hydrogens (primary N) is 1. The second-order valence-corrected chi connectivity index (χ2v) is 4.31. The van der Waals surface area contributed by atoms with Crippen molar-refractivity contribution in [2.45, 2.75) is 39.7 Å². The molecule has 0 saturated carbocycles. The fourth-order valence-corrected chi connectivity index (χ4v) is 1.16. The highest BCUT2D eigenvalue weighted by atomic mass is 16.5. The van der Waals surface area contributed by atoms with Crippen molar-refractivity contribution in [3.63, 3.8) is 0 Å². The number of hydrogen-bond donors (Lipinski definition) is 1. The van der Waals surface area contributed by atoms with Gasteiger partial charge in [-0.3, -0.25) is 0 Å². The molecule has 1 atom stereocenters. The Kier molecular flexibility index (Phi) is 4.69. The third-order valence-electron chi connectivity index (χ3n) is 1.57. The fourth-order valence-electron chi connectivity index (χ4n) is 1.16. The Bertz CT molecular complexity index is 96.2. The molecule has 0 saturated heterocycles. The summed E-state index contributed by atoms with van der Waals surface area (Å²) >= 11 is 0. The van der Waals surface area contributed by atoms with Gasteiger partial charge >= 0.3 is 0 Å². The van der Waals surface area contributed by atoms with Crippen LogP contribution in [-0.2, 0) is 4.74 Å². The SMILES string of the molecule is COCC[C@H](N)CC(C)(C)C. The van der Waals surface area contributed by atoms with Crippen LogP contribution in [0.4, 0.5) is 0 Å². The van der Waals surface area contributed by atoms with Gasteiger partial charge in [-0.1, -0.05) is 20.8 Å². The van der Waals surface area contributed by atoms with E-state index in [1.165, 1.54) is 0 Å². The van der Waals surface area contributed by atoms with Crippen molar-refractivity contribution in [2.24, 2.45) is 11.1 Å². The van der Waals surface area contributed by atoms with Gasteiger partial charge < -0.3 is 10.5 Å². The highest BCUT2D eigenvalue weighted by Crippen LogP contribution is 2.20. The molecule has 0 bridgehead atoms. The van der Waals surface area contributed by atoms with E-state index in [1.54, 1.807) is 7.11 Å². The molecule has 0 aliphatic carbocycles. The third-order valence-corrected chi connectivity index (χ3v) is 1.57. The minimum Gasteiger partial charge on any atom is -0.385 e. The molecule has 2 nitrogen and oxygen atoms in total. The molecule has 0 aliphatic heterocycles. The Labute approximate surface area is 70.1 Å². The minimum atomic E-state index is 0.287. The average Bonchev–Trinajstić information content (AvgIpc) is 1.79.